The summed E-state index contributed by atoms with van der Waals surface area (Å²) in [6.45, 7) is 0. The first kappa shape index (κ1) is 9.02. The van der Waals surface area contributed by atoms with Gasteiger partial charge in [-0.3, -0.25) is 15.3 Å². The fourth-order valence-corrected chi connectivity index (χ4v) is 1.20. The van der Waals surface area contributed by atoms with E-state index in [1.54, 1.807) is 12.1 Å². The Morgan fingerprint density at radius 1 is 1.42 bits per heavy atom. The van der Waals surface area contributed by atoms with Crippen LogP contribution in [0.25, 0.3) is 0 Å². The van der Waals surface area contributed by atoms with Gasteiger partial charge in [0.1, 0.15) is 0 Å². The molecule has 12 heavy (non-hydrogen) atoms. The molecule has 0 spiro atoms. The highest BCUT2D eigenvalue weighted by molar-refractivity contribution is 7.96. The van der Waals surface area contributed by atoms with Gasteiger partial charge in [-0.05, 0) is 5.56 Å². The van der Waals surface area contributed by atoms with E-state index in [0.717, 1.165) is 5.56 Å². The smallest absolute Gasteiger partial charge is 0.269 e. The van der Waals surface area contributed by atoms with Crippen LogP contribution in [0.4, 0.5) is 5.69 Å². The Balaban J connectivity index is 2.78. The largest absolute Gasteiger partial charge is 0.278 e. The monoisotopic (exact) mass is 184 g/mol. The van der Waals surface area contributed by atoms with E-state index in [9.17, 15) is 10.1 Å². The van der Waals surface area contributed by atoms with Gasteiger partial charge in [-0.2, -0.15) is 0 Å². The van der Waals surface area contributed by atoms with Crippen LogP contribution < -0.4 is 5.14 Å². The molecule has 0 unspecified atom stereocenters. The molecule has 0 fully saturated rings. The van der Waals surface area contributed by atoms with E-state index in [4.69, 9.17) is 5.14 Å². The Kier molecular flexibility index (Phi) is 3.07. The summed E-state index contributed by atoms with van der Waals surface area (Å²) in [6.07, 6.45) is 0. The molecule has 0 aliphatic carbocycles. The van der Waals surface area contributed by atoms with Crippen molar-refractivity contribution in [1.29, 1.82) is 0 Å². The van der Waals surface area contributed by atoms with Crippen LogP contribution in [-0.4, -0.2) is 4.92 Å². The number of nitro groups is 1. The van der Waals surface area contributed by atoms with E-state index in [-0.39, 0.29) is 5.69 Å². The number of hydrogen-bond acceptors (Lipinski definition) is 4. The summed E-state index contributed by atoms with van der Waals surface area (Å²) in [4.78, 5) is 9.83. The lowest BCUT2D eigenvalue weighted by Crippen LogP contribution is -1.89. The average Bonchev–Trinajstić information content (AvgIpc) is 2.06. The van der Waals surface area contributed by atoms with Gasteiger partial charge in [0.2, 0.25) is 0 Å². The van der Waals surface area contributed by atoms with Crippen molar-refractivity contribution in [3.8, 4) is 0 Å². The van der Waals surface area contributed by atoms with Gasteiger partial charge in [-0.15, -0.1) is 0 Å². The molecule has 1 aromatic rings. The van der Waals surface area contributed by atoms with Crippen molar-refractivity contribution in [3.05, 3.63) is 39.9 Å². The molecule has 4 nitrogen and oxygen atoms in total. The van der Waals surface area contributed by atoms with Gasteiger partial charge in [0.15, 0.2) is 0 Å². The molecule has 0 aromatic heterocycles. The van der Waals surface area contributed by atoms with Crippen LogP contribution in [-0.2, 0) is 5.75 Å². The van der Waals surface area contributed by atoms with Crippen molar-refractivity contribution in [2.75, 3.05) is 0 Å². The molecule has 1 rings (SSSR count). The Morgan fingerprint density at radius 2 is 2.00 bits per heavy atom. The van der Waals surface area contributed by atoms with Crippen molar-refractivity contribution < 1.29 is 4.92 Å². The third-order valence-corrected chi connectivity index (χ3v) is 1.90. The number of hydrogen-bond donors (Lipinski definition) is 1. The van der Waals surface area contributed by atoms with E-state index < -0.39 is 4.92 Å². The molecule has 0 saturated heterocycles. The van der Waals surface area contributed by atoms with Gasteiger partial charge in [-0.1, -0.05) is 24.1 Å². The van der Waals surface area contributed by atoms with Gasteiger partial charge >= 0.3 is 0 Å². The zero-order valence-corrected chi connectivity index (χ0v) is 7.08. The fourth-order valence-electron chi connectivity index (χ4n) is 0.810. The quantitative estimate of drug-likeness (QED) is 0.441. The summed E-state index contributed by atoms with van der Waals surface area (Å²) in [7, 11) is 0. The Morgan fingerprint density at radius 3 is 2.42 bits per heavy atom. The van der Waals surface area contributed by atoms with E-state index in [0.29, 0.717) is 5.75 Å². The molecule has 0 aliphatic heterocycles. The maximum absolute atomic E-state index is 10.2. The molecule has 2 N–H and O–H groups in total. The Bertz CT molecular complexity index is 273. The SMILES string of the molecule is NSCc1ccc([N+](=O)[O-])cc1. The average molecular weight is 184 g/mol. The molecule has 0 bridgehead atoms. The zero-order chi connectivity index (χ0) is 8.97. The lowest BCUT2D eigenvalue weighted by Gasteiger charge is -1.95. The molecule has 5 heteroatoms. The van der Waals surface area contributed by atoms with Crippen LogP contribution in [0.1, 0.15) is 5.56 Å². The maximum atomic E-state index is 10.2. The predicted molar refractivity (Wildman–Crippen MR) is 48.6 cm³/mol. The molecule has 0 atom stereocenters. The topological polar surface area (TPSA) is 69.2 Å². The van der Waals surface area contributed by atoms with Crippen molar-refractivity contribution in [1.82, 2.24) is 0 Å². The van der Waals surface area contributed by atoms with Gasteiger partial charge in [0.25, 0.3) is 5.69 Å². The zero-order valence-electron chi connectivity index (χ0n) is 6.27. The molecule has 0 heterocycles. The van der Waals surface area contributed by atoms with Crippen LogP contribution in [0.5, 0.6) is 0 Å². The van der Waals surface area contributed by atoms with Crippen molar-refractivity contribution in [2.24, 2.45) is 5.14 Å². The standard InChI is InChI=1S/C7H8N2O2S/c8-12-5-6-1-3-7(4-2-6)9(10)11/h1-4H,5,8H2. The number of nitrogens with zero attached hydrogens (tertiary/aromatic N) is 1. The third-order valence-electron chi connectivity index (χ3n) is 1.40. The normalized spacial score (nSPS) is 9.75. The highest BCUT2D eigenvalue weighted by atomic mass is 32.2. The van der Waals surface area contributed by atoms with E-state index >= 15 is 0 Å². The minimum Gasteiger partial charge on any atom is -0.278 e. The summed E-state index contributed by atoms with van der Waals surface area (Å²) >= 11 is 1.20. The first-order valence-electron chi connectivity index (χ1n) is 3.29. The Labute approximate surface area is 74.0 Å². The third kappa shape index (κ3) is 2.21. The fraction of sp³-hybridized carbons (Fsp3) is 0.143. The minimum atomic E-state index is -0.417. The molecule has 0 amide bonds. The summed E-state index contributed by atoms with van der Waals surface area (Å²) in [5, 5.41) is 15.5. The maximum Gasteiger partial charge on any atom is 0.269 e. The molecular weight excluding hydrogens is 176 g/mol. The Hall–Kier alpha value is -1.07. The summed E-state index contributed by atoms with van der Waals surface area (Å²) in [5.74, 6) is 0.679. The first-order valence-corrected chi connectivity index (χ1v) is 4.34. The number of rotatable bonds is 3. The second-order valence-electron chi connectivity index (χ2n) is 2.23. The lowest BCUT2D eigenvalue weighted by atomic mass is 10.2. The lowest BCUT2D eigenvalue weighted by molar-refractivity contribution is -0.384. The van der Waals surface area contributed by atoms with Crippen LogP contribution in [0, 0.1) is 10.1 Å². The highest BCUT2D eigenvalue weighted by Crippen LogP contribution is 2.13. The minimum absolute atomic E-state index is 0.112. The summed E-state index contributed by atoms with van der Waals surface area (Å²) < 4.78 is 0. The second-order valence-corrected chi connectivity index (χ2v) is 2.86. The van der Waals surface area contributed by atoms with Crippen LogP contribution in [0.15, 0.2) is 24.3 Å². The van der Waals surface area contributed by atoms with Gasteiger partial charge < -0.3 is 0 Å². The molecular formula is C7H8N2O2S. The molecule has 0 radical (unpaired) electrons. The summed E-state index contributed by atoms with van der Waals surface area (Å²) in [5.41, 5.74) is 1.11. The van der Waals surface area contributed by atoms with Gasteiger partial charge in [0.05, 0.1) is 4.92 Å². The number of nitrogens with two attached hydrogens (primary N) is 1. The number of nitro benzene ring substituents is 1. The van der Waals surface area contributed by atoms with E-state index in [1.807, 2.05) is 0 Å². The highest BCUT2D eigenvalue weighted by Gasteiger charge is 2.02. The van der Waals surface area contributed by atoms with Crippen molar-refractivity contribution >= 4 is 17.6 Å². The van der Waals surface area contributed by atoms with E-state index in [2.05, 4.69) is 0 Å². The van der Waals surface area contributed by atoms with Gasteiger partial charge in [-0.25, -0.2) is 0 Å². The summed E-state index contributed by atoms with van der Waals surface area (Å²) in [6, 6.07) is 6.37. The van der Waals surface area contributed by atoms with E-state index in [1.165, 1.54) is 24.1 Å². The molecule has 1 aromatic carbocycles. The van der Waals surface area contributed by atoms with Gasteiger partial charge in [0, 0.05) is 17.9 Å². The van der Waals surface area contributed by atoms with Crippen LogP contribution in [0.3, 0.4) is 0 Å². The van der Waals surface area contributed by atoms with Crippen LogP contribution >= 0.6 is 11.9 Å². The molecule has 0 saturated carbocycles. The van der Waals surface area contributed by atoms with Crippen LogP contribution in [0.2, 0.25) is 0 Å². The number of benzene rings is 1. The molecule has 64 valence electrons. The first-order chi connectivity index (χ1) is 5.74. The van der Waals surface area contributed by atoms with Crippen molar-refractivity contribution in [2.45, 2.75) is 5.75 Å². The molecule has 0 aliphatic rings. The second kappa shape index (κ2) is 4.08. The predicted octanol–water partition coefficient (Wildman–Crippen LogP) is 1.70. The van der Waals surface area contributed by atoms with Crippen molar-refractivity contribution in [3.63, 3.8) is 0 Å². The number of non-ortho nitro benzene ring substituents is 1.